The third-order valence-electron chi connectivity index (χ3n) is 4.29. The molecular formula is C19H11N3S. The predicted octanol–water partition coefficient (Wildman–Crippen LogP) is 4.31. The first-order chi connectivity index (χ1) is 11.3. The molecule has 1 heterocycles. The molecule has 4 rings (SSSR count). The molecule has 2 N–H and O–H groups in total. The average Bonchev–Trinajstić information content (AvgIpc) is 3.21. The zero-order valence-corrected chi connectivity index (χ0v) is 12.9. The lowest BCUT2D eigenvalue weighted by atomic mass is 9.89. The van der Waals surface area contributed by atoms with Gasteiger partial charge in [0.1, 0.15) is 12.1 Å². The molecule has 1 aliphatic rings. The van der Waals surface area contributed by atoms with Gasteiger partial charge >= 0.3 is 0 Å². The molecule has 3 aromatic rings. The highest BCUT2D eigenvalue weighted by molar-refractivity contribution is 7.13. The maximum atomic E-state index is 9.63. The van der Waals surface area contributed by atoms with Crippen LogP contribution in [0.5, 0.6) is 0 Å². The average molecular weight is 313 g/mol. The van der Waals surface area contributed by atoms with Gasteiger partial charge < -0.3 is 5.73 Å². The summed E-state index contributed by atoms with van der Waals surface area (Å²) in [5.74, 6) is 0. The summed E-state index contributed by atoms with van der Waals surface area (Å²) in [6, 6.07) is 16.4. The number of hydrogen-bond donors (Lipinski definition) is 1. The van der Waals surface area contributed by atoms with Crippen LogP contribution in [0.25, 0.3) is 21.6 Å². The first-order valence-corrected chi connectivity index (χ1v) is 8.05. The van der Waals surface area contributed by atoms with Gasteiger partial charge in [-0.2, -0.15) is 10.5 Å². The maximum absolute atomic E-state index is 9.63. The summed E-state index contributed by atoms with van der Waals surface area (Å²) in [5.41, 5.74) is 12.3. The van der Waals surface area contributed by atoms with Gasteiger partial charge in [0.15, 0.2) is 0 Å². The van der Waals surface area contributed by atoms with Gasteiger partial charge in [-0.15, -0.1) is 11.3 Å². The van der Waals surface area contributed by atoms with Crippen molar-refractivity contribution in [2.24, 2.45) is 0 Å². The number of hydrogen-bond acceptors (Lipinski definition) is 4. The van der Waals surface area contributed by atoms with E-state index in [4.69, 9.17) is 5.73 Å². The molecule has 0 atom stereocenters. The van der Waals surface area contributed by atoms with Crippen LogP contribution in [0, 0.1) is 22.7 Å². The Balaban J connectivity index is 2.18. The molecular weight excluding hydrogens is 302 g/mol. The van der Waals surface area contributed by atoms with E-state index in [-0.39, 0.29) is 5.69 Å². The summed E-state index contributed by atoms with van der Waals surface area (Å²) in [6.45, 7) is 0. The summed E-state index contributed by atoms with van der Waals surface area (Å²) < 4.78 is 0. The summed E-state index contributed by atoms with van der Waals surface area (Å²) >= 11 is 1.58. The Bertz CT molecular complexity index is 1020. The number of nitrogens with two attached hydrogens (primary N) is 1. The van der Waals surface area contributed by atoms with E-state index in [1.807, 2.05) is 35.7 Å². The zero-order chi connectivity index (χ0) is 16.0. The van der Waals surface area contributed by atoms with Crippen molar-refractivity contribution in [2.45, 2.75) is 6.42 Å². The van der Waals surface area contributed by atoms with E-state index in [9.17, 15) is 10.5 Å². The monoisotopic (exact) mass is 313 g/mol. The Kier molecular flexibility index (Phi) is 2.94. The number of rotatable bonds is 1. The van der Waals surface area contributed by atoms with Crippen molar-refractivity contribution in [1.29, 1.82) is 10.5 Å². The molecule has 0 saturated heterocycles. The Labute approximate surface area is 137 Å². The Morgan fingerprint density at radius 1 is 0.957 bits per heavy atom. The molecule has 0 radical (unpaired) electrons. The molecule has 0 saturated carbocycles. The topological polar surface area (TPSA) is 73.6 Å². The molecule has 0 aliphatic heterocycles. The van der Waals surface area contributed by atoms with Gasteiger partial charge in [-0.05, 0) is 34.6 Å². The number of nitriles is 2. The molecule has 0 bridgehead atoms. The van der Waals surface area contributed by atoms with Crippen molar-refractivity contribution in [3.05, 3.63) is 64.0 Å². The minimum atomic E-state index is 0.286. The Hall–Kier alpha value is -3.08. The number of fused-ring (bicyclic) bond motifs is 3. The van der Waals surface area contributed by atoms with Crippen LogP contribution in [0.15, 0.2) is 41.8 Å². The lowest BCUT2D eigenvalue weighted by Crippen LogP contribution is -2.02. The fourth-order valence-corrected chi connectivity index (χ4v) is 4.13. The molecule has 0 spiro atoms. The molecule has 0 unspecified atom stereocenters. The molecule has 2 aromatic carbocycles. The number of benzene rings is 2. The van der Waals surface area contributed by atoms with Crippen molar-refractivity contribution in [3.8, 4) is 33.7 Å². The van der Waals surface area contributed by atoms with Gasteiger partial charge in [-0.25, -0.2) is 0 Å². The highest BCUT2D eigenvalue weighted by Crippen LogP contribution is 2.48. The van der Waals surface area contributed by atoms with E-state index >= 15 is 0 Å². The van der Waals surface area contributed by atoms with Crippen LogP contribution in [0.2, 0.25) is 0 Å². The minimum absolute atomic E-state index is 0.286. The summed E-state index contributed by atoms with van der Waals surface area (Å²) in [7, 11) is 0. The second-order valence-corrected chi connectivity index (χ2v) is 6.37. The molecule has 3 nitrogen and oxygen atoms in total. The lowest BCUT2D eigenvalue weighted by Gasteiger charge is -2.14. The molecule has 0 fully saturated rings. The fraction of sp³-hybridized carbons (Fsp3) is 0.0526. The largest absolute Gasteiger partial charge is 0.397 e. The number of nitrogen functional groups attached to an aromatic ring is 1. The molecule has 4 heteroatoms. The second-order valence-electron chi connectivity index (χ2n) is 5.43. The highest BCUT2D eigenvalue weighted by atomic mass is 32.1. The maximum Gasteiger partial charge on any atom is 0.102 e. The van der Waals surface area contributed by atoms with Crippen LogP contribution in [-0.2, 0) is 6.42 Å². The van der Waals surface area contributed by atoms with E-state index in [0.717, 1.165) is 33.6 Å². The molecule has 23 heavy (non-hydrogen) atoms. The van der Waals surface area contributed by atoms with E-state index in [1.54, 1.807) is 11.3 Å². The van der Waals surface area contributed by atoms with Gasteiger partial charge in [0, 0.05) is 16.0 Å². The number of nitrogens with zero attached hydrogens (tertiary/aromatic N) is 2. The van der Waals surface area contributed by atoms with Crippen LogP contribution in [0.4, 0.5) is 5.69 Å². The smallest absolute Gasteiger partial charge is 0.102 e. The summed E-state index contributed by atoms with van der Waals surface area (Å²) in [4.78, 5) is 1.02. The zero-order valence-electron chi connectivity index (χ0n) is 12.1. The highest BCUT2D eigenvalue weighted by Gasteiger charge is 2.30. The van der Waals surface area contributed by atoms with Gasteiger partial charge in [0.25, 0.3) is 0 Å². The van der Waals surface area contributed by atoms with E-state index < -0.39 is 0 Å². The van der Waals surface area contributed by atoms with Crippen molar-refractivity contribution in [2.75, 3.05) is 5.73 Å². The van der Waals surface area contributed by atoms with Crippen molar-refractivity contribution in [3.63, 3.8) is 0 Å². The predicted molar refractivity (Wildman–Crippen MR) is 91.8 cm³/mol. The third-order valence-corrected chi connectivity index (χ3v) is 5.17. The number of thiophene rings is 1. The van der Waals surface area contributed by atoms with Crippen LogP contribution in [-0.4, -0.2) is 0 Å². The Morgan fingerprint density at radius 3 is 2.39 bits per heavy atom. The molecule has 1 aromatic heterocycles. The van der Waals surface area contributed by atoms with Crippen LogP contribution < -0.4 is 5.73 Å². The lowest BCUT2D eigenvalue weighted by molar-refractivity contribution is 1.26. The molecule has 108 valence electrons. The SMILES string of the molecule is N#Cc1c(N)c(C#N)c2c(c1-c1cccs1)Cc1ccccc1-2. The standard InChI is InChI=1S/C19H11N3S/c20-9-14-17-12-5-2-1-4-11(12)8-13(17)18(15(10-21)19(14)22)16-6-3-7-23-16/h1-7H,8,22H2. The minimum Gasteiger partial charge on any atom is -0.397 e. The van der Waals surface area contributed by atoms with Crippen LogP contribution >= 0.6 is 11.3 Å². The van der Waals surface area contributed by atoms with Crippen molar-refractivity contribution < 1.29 is 0 Å². The van der Waals surface area contributed by atoms with Crippen molar-refractivity contribution in [1.82, 2.24) is 0 Å². The van der Waals surface area contributed by atoms with Crippen LogP contribution in [0.3, 0.4) is 0 Å². The summed E-state index contributed by atoms with van der Waals surface area (Å²) in [5, 5.41) is 21.2. The second kappa shape index (κ2) is 4.98. The van der Waals surface area contributed by atoms with E-state index in [0.29, 0.717) is 11.1 Å². The van der Waals surface area contributed by atoms with Gasteiger partial charge in [0.05, 0.1) is 16.8 Å². The summed E-state index contributed by atoms with van der Waals surface area (Å²) in [6.07, 6.45) is 0.725. The fourth-order valence-electron chi connectivity index (χ4n) is 3.33. The van der Waals surface area contributed by atoms with Gasteiger partial charge in [0.2, 0.25) is 0 Å². The number of anilines is 1. The third kappa shape index (κ3) is 1.80. The van der Waals surface area contributed by atoms with Gasteiger partial charge in [-0.1, -0.05) is 30.3 Å². The van der Waals surface area contributed by atoms with Crippen LogP contribution in [0.1, 0.15) is 22.3 Å². The molecule has 1 aliphatic carbocycles. The van der Waals surface area contributed by atoms with E-state index in [2.05, 4.69) is 18.2 Å². The quantitative estimate of drug-likeness (QED) is 0.532. The first-order valence-electron chi connectivity index (χ1n) is 7.17. The van der Waals surface area contributed by atoms with Gasteiger partial charge in [-0.3, -0.25) is 0 Å². The molecule has 0 amide bonds. The Morgan fingerprint density at radius 2 is 1.70 bits per heavy atom. The van der Waals surface area contributed by atoms with Crippen molar-refractivity contribution >= 4 is 17.0 Å². The normalized spacial score (nSPS) is 11.4. The van der Waals surface area contributed by atoms with E-state index in [1.165, 1.54) is 5.56 Å². The first kappa shape index (κ1) is 13.6.